The predicted molar refractivity (Wildman–Crippen MR) is 99.4 cm³/mol. The molecule has 0 atom stereocenters. The molecule has 0 unspecified atom stereocenters. The number of nitrogens with one attached hydrogen (secondary N) is 2. The number of nitrogens with two attached hydrogens (primary N) is 1. The van der Waals surface area contributed by atoms with Gasteiger partial charge in [0, 0.05) is 12.2 Å². The first-order valence-electron chi connectivity index (χ1n) is 7.94. The number of H-pyrrole nitrogens is 1. The van der Waals surface area contributed by atoms with E-state index in [9.17, 15) is 4.79 Å². The number of anilines is 2. The second-order valence-corrected chi connectivity index (χ2v) is 6.04. The summed E-state index contributed by atoms with van der Waals surface area (Å²) in [7, 11) is 0. The third-order valence-electron chi connectivity index (χ3n) is 3.86. The molecular weight excluding hydrogens is 340 g/mol. The van der Waals surface area contributed by atoms with Gasteiger partial charge in [-0.15, -0.1) is 0 Å². The van der Waals surface area contributed by atoms with Crippen molar-refractivity contribution in [2.24, 2.45) is 5.73 Å². The number of ether oxygens (including phenoxy) is 1. The van der Waals surface area contributed by atoms with Gasteiger partial charge >= 0.3 is 5.97 Å². The Labute approximate surface area is 150 Å². The van der Waals surface area contributed by atoms with Gasteiger partial charge in [0.05, 0.1) is 28.2 Å². The van der Waals surface area contributed by atoms with Gasteiger partial charge in [0.25, 0.3) is 0 Å². The maximum absolute atomic E-state index is 12.0. The number of imidazole rings is 1. The number of esters is 1. The Morgan fingerprint density at radius 3 is 2.88 bits per heavy atom. The molecule has 0 radical (unpaired) electrons. The fraction of sp³-hybridized carbons (Fsp3) is 0.222. The molecule has 0 saturated carbocycles. The van der Waals surface area contributed by atoms with E-state index in [2.05, 4.69) is 15.3 Å². The van der Waals surface area contributed by atoms with Gasteiger partial charge in [0.15, 0.2) is 0 Å². The van der Waals surface area contributed by atoms with Crippen LogP contribution in [0.1, 0.15) is 28.4 Å². The van der Waals surface area contributed by atoms with Crippen LogP contribution in [-0.2, 0) is 11.3 Å². The van der Waals surface area contributed by atoms with Gasteiger partial charge in [-0.3, -0.25) is 0 Å². The Kier molecular flexibility index (Phi) is 4.92. The van der Waals surface area contributed by atoms with Crippen molar-refractivity contribution >= 4 is 40.2 Å². The van der Waals surface area contributed by atoms with Crippen LogP contribution < -0.4 is 11.1 Å². The van der Waals surface area contributed by atoms with Crippen LogP contribution in [0.4, 0.5) is 11.6 Å². The van der Waals surface area contributed by atoms with Crippen molar-refractivity contribution in [2.45, 2.75) is 20.4 Å². The van der Waals surface area contributed by atoms with Crippen molar-refractivity contribution in [3.05, 3.63) is 52.0 Å². The van der Waals surface area contributed by atoms with Crippen LogP contribution in [-0.4, -0.2) is 22.5 Å². The third-order valence-corrected chi connectivity index (χ3v) is 4.17. The number of hydrogen-bond donors (Lipinski definition) is 3. The summed E-state index contributed by atoms with van der Waals surface area (Å²) in [6.45, 7) is 4.50. The van der Waals surface area contributed by atoms with E-state index in [4.69, 9.17) is 22.1 Å². The molecule has 25 heavy (non-hydrogen) atoms. The topological polar surface area (TPSA) is 93.0 Å². The third kappa shape index (κ3) is 3.60. The van der Waals surface area contributed by atoms with E-state index in [0.29, 0.717) is 28.6 Å². The standard InChI is InChI=1S/C18H19ClN4O2/c1-3-25-17(24)12-7-15-16(8-13(12)19)23-18(22-15)21-14-6-11(9-20)5-4-10(14)2/h4-8H,3,9,20H2,1-2H3,(H2,21,22,23). The lowest BCUT2D eigenvalue weighted by Gasteiger charge is -2.08. The summed E-state index contributed by atoms with van der Waals surface area (Å²) in [5.41, 5.74) is 10.4. The normalized spacial score (nSPS) is 10.9. The molecule has 4 N–H and O–H groups in total. The number of aromatic amines is 1. The highest BCUT2D eigenvalue weighted by Gasteiger charge is 2.15. The van der Waals surface area contributed by atoms with E-state index in [0.717, 1.165) is 22.3 Å². The molecule has 2 aromatic carbocycles. The van der Waals surface area contributed by atoms with Gasteiger partial charge in [-0.2, -0.15) is 0 Å². The zero-order valence-electron chi connectivity index (χ0n) is 14.0. The van der Waals surface area contributed by atoms with Crippen LogP contribution in [0.3, 0.4) is 0 Å². The molecule has 0 spiro atoms. The average molecular weight is 359 g/mol. The number of hydrogen-bond acceptors (Lipinski definition) is 5. The van der Waals surface area contributed by atoms with Gasteiger partial charge in [-0.25, -0.2) is 9.78 Å². The molecule has 0 amide bonds. The molecule has 1 aromatic heterocycles. The Hall–Kier alpha value is -2.57. The van der Waals surface area contributed by atoms with Gasteiger partial charge < -0.3 is 20.8 Å². The highest BCUT2D eigenvalue weighted by molar-refractivity contribution is 6.34. The van der Waals surface area contributed by atoms with Crippen LogP contribution in [0.2, 0.25) is 5.02 Å². The van der Waals surface area contributed by atoms with Crippen LogP contribution >= 0.6 is 11.6 Å². The Balaban J connectivity index is 1.95. The predicted octanol–water partition coefficient (Wildman–Crippen LogP) is 3.90. The number of fused-ring (bicyclic) bond motifs is 1. The molecule has 1 heterocycles. The monoisotopic (exact) mass is 358 g/mol. The van der Waals surface area contributed by atoms with E-state index < -0.39 is 5.97 Å². The van der Waals surface area contributed by atoms with Crippen LogP contribution in [0.5, 0.6) is 0 Å². The molecule has 0 aliphatic carbocycles. The molecular formula is C18H19ClN4O2. The van der Waals surface area contributed by atoms with E-state index in [1.54, 1.807) is 19.1 Å². The van der Waals surface area contributed by atoms with Crippen LogP contribution in [0.25, 0.3) is 11.0 Å². The van der Waals surface area contributed by atoms with Gasteiger partial charge in [-0.1, -0.05) is 23.7 Å². The molecule has 0 bridgehead atoms. The number of nitrogens with zero attached hydrogens (tertiary/aromatic N) is 1. The number of aryl methyl sites for hydroxylation is 1. The Bertz CT molecular complexity index is 936. The SMILES string of the molecule is CCOC(=O)c1cc2nc(Nc3cc(CN)ccc3C)[nH]c2cc1Cl. The quantitative estimate of drug-likeness (QED) is 0.601. The minimum atomic E-state index is -0.460. The average Bonchev–Trinajstić information content (AvgIpc) is 2.97. The molecule has 0 aliphatic rings. The van der Waals surface area contributed by atoms with E-state index in [1.807, 2.05) is 25.1 Å². The number of aromatic nitrogens is 2. The lowest BCUT2D eigenvalue weighted by molar-refractivity contribution is 0.0526. The molecule has 0 fully saturated rings. The van der Waals surface area contributed by atoms with E-state index >= 15 is 0 Å². The van der Waals surface area contributed by atoms with Crippen LogP contribution in [0, 0.1) is 6.92 Å². The molecule has 3 aromatic rings. The highest BCUT2D eigenvalue weighted by Crippen LogP contribution is 2.26. The summed E-state index contributed by atoms with van der Waals surface area (Å²) < 4.78 is 5.01. The number of benzene rings is 2. The smallest absolute Gasteiger partial charge is 0.339 e. The maximum Gasteiger partial charge on any atom is 0.339 e. The van der Waals surface area contributed by atoms with Crippen molar-refractivity contribution in [3.63, 3.8) is 0 Å². The molecule has 3 rings (SSSR count). The van der Waals surface area contributed by atoms with Gasteiger partial charge in [0.1, 0.15) is 0 Å². The van der Waals surface area contributed by atoms with Crippen molar-refractivity contribution in [1.82, 2.24) is 9.97 Å². The minimum absolute atomic E-state index is 0.289. The number of rotatable bonds is 5. The summed E-state index contributed by atoms with van der Waals surface area (Å²) in [5.74, 6) is 0.0998. The fourth-order valence-corrected chi connectivity index (χ4v) is 2.75. The summed E-state index contributed by atoms with van der Waals surface area (Å²) in [4.78, 5) is 19.6. The number of carbonyl (C=O) groups is 1. The Morgan fingerprint density at radius 1 is 1.36 bits per heavy atom. The minimum Gasteiger partial charge on any atom is -0.462 e. The first kappa shape index (κ1) is 17.3. The lowest BCUT2D eigenvalue weighted by Crippen LogP contribution is -2.05. The maximum atomic E-state index is 12.0. The number of carbonyl (C=O) groups excluding carboxylic acids is 1. The van der Waals surface area contributed by atoms with Crippen molar-refractivity contribution in [1.29, 1.82) is 0 Å². The summed E-state index contributed by atoms with van der Waals surface area (Å²) >= 11 is 6.19. The summed E-state index contributed by atoms with van der Waals surface area (Å²) in [6.07, 6.45) is 0. The van der Waals surface area contributed by atoms with E-state index in [1.165, 1.54) is 0 Å². The van der Waals surface area contributed by atoms with Gasteiger partial charge in [0.2, 0.25) is 5.95 Å². The van der Waals surface area contributed by atoms with Gasteiger partial charge in [-0.05, 0) is 43.2 Å². The second-order valence-electron chi connectivity index (χ2n) is 5.63. The molecule has 7 heteroatoms. The number of halogens is 1. The molecule has 0 aliphatic heterocycles. The van der Waals surface area contributed by atoms with Crippen LogP contribution in [0.15, 0.2) is 30.3 Å². The highest BCUT2D eigenvalue weighted by atomic mass is 35.5. The fourth-order valence-electron chi connectivity index (χ4n) is 2.51. The zero-order valence-corrected chi connectivity index (χ0v) is 14.8. The molecule has 6 nitrogen and oxygen atoms in total. The van der Waals surface area contributed by atoms with Crippen molar-refractivity contribution < 1.29 is 9.53 Å². The molecule has 130 valence electrons. The van der Waals surface area contributed by atoms with E-state index in [-0.39, 0.29) is 6.61 Å². The Morgan fingerprint density at radius 2 is 2.16 bits per heavy atom. The van der Waals surface area contributed by atoms with Crippen molar-refractivity contribution in [3.8, 4) is 0 Å². The molecule has 0 saturated heterocycles. The second kappa shape index (κ2) is 7.13. The largest absolute Gasteiger partial charge is 0.462 e. The van der Waals surface area contributed by atoms with Crippen molar-refractivity contribution in [2.75, 3.05) is 11.9 Å². The first-order valence-corrected chi connectivity index (χ1v) is 8.32. The summed E-state index contributed by atoms with van der Waals surface area (Å²) in [6, 6.07) is 9.28. The zero-order chi connectivity index (χ0) is 18.0. The summed E-state index contributed by atoms with van der Waals surface area (Å²) in [5, 5.41) is 3.57. The first-order chi connectivity index (χ1) is 12.0. The lowest BCUT2D eigenvalue weighted by atomic mass is 10.1.